The van der Waals surface area contributed by atoms with Crippen molar-refractivity contribution in [2.24, 2.45) is 0 Å². The highest BCUT2D eigenvalue weighted by molar-refractivity contribution is 9.10. The lowest BCUT2D eigenvalue weighted by atomic mass is 10.2. The van der Waals surface area contributed by atoms with Gasteiger partial charge in [-0.2, -0.15) is 0 Å². The molecule has 0 amide bonds. The average molecular weight is 256 g/mol. The molecule has 0 radical (unpaired) electrons. The quantitative estimate of drug-likeness (QED) is 0.823. The van der Waals surface area contributed by atoms with Crippen LogP contribution in [0.5, 0.6) is 0 Å². The van der Waals surface area contributed by atoms with Gasteiger partial charge in [0.05, 0.1) is 0 Å². The van der Waals surface area contributed by atoms with E-state index in [1.54, 1.807) is 12.1 Å². The third kappa shape index (κ3) is 1.63. The Kier molecular flexibility index (Phi) is 2.25. The minimum Gasteiger partial charge on any atom is -0.369 e. The van der Waals surface area contributed by atoms with Gasteiger partial charge in [-0.15, -0.1) is 0 Å². The van der Waals surface area contributed by atoms with Crippen LogP contribution in [0.2, 0.25) is 0 Å². The number of anilines is 1. The molecule has 0 unspecified atom stereocenters. The summed E-state index contributed by atoms with van der Waals surface area (Å²) in [5.41, 5.74) is 6.76. The number of H-pyrrole nitrogens is 1. The van der Waals surface area contributed by atoms with Crippen LogP contribution in [0.4, 0.5) is 10.3 Å². The predicted octanol–water partition coefficient (Wildman–Crippen LogP) is 2.56. The smallest absolute Gasteiger partial charge is 0.198 e. The summed E-state index contributed by atoms with van der Waals surface area (Å²) in [5, 5.41) is 0. The second kappa shape index (κ2) is 3.42. The van der Waals surface area contributed by atoms with Gasteiger partial charge in [0.25, 0.3) is 0 Å². The van der Waals surface area contributed by atoms with E-state index in [4.69, 9.17) is 5.73 Å². The fraction of sp³-hybridized carbons (Fsp3) is 0. The Labute approximate surface area is 88.3 Å². The molecule has 3 N–H and O–H groups in total. The highest BCUT2D eigenvalue weighted by atomic mass is 79.9. The van der Waals surface area contributed by atoms with Gasteiger partial charge >= 0.3 is 0 Å². The zero-order valence-corrected chi connectivity index (χ0v) is 8.68. The van der Waals surface area contributed by atoms with Crippen LogP contribution in [-0.4, -0.2) is 9.97 Å². The molecule has 3 nitrogen and oxygen atoms in total. The fourth-order valence-corrected chi connectivity index (χ4v) is 1.72. The van der Waals surface area contributed by atoms with Crippen molar-refractivity contribution in [2.45, 2.75) is 0 Å². The highest BCUT2D eigenvalue weighted by Crippen LogP contribution is 2.26. The van der Waals surface area contributed by atoms with Gasteiger partial charge in [0.15, 0.2) is 5.95 Å². The Hall–Kier alpha value is -1.36. The third-order valence-corrected chi connectivity index (χ3v) is 2.35. The molecule has 14 heavy (non-hydrogen) atoms. The Morgan fingerprint density at radius 2 is 2.21 bits per heavy atom. The Bertz CT molecular complexity index is 467. The van der Waals surface area contributed by atoms with Crippen molar-refractivity contribution < 1.29 is 4.39 Å². The zero-order valence-electron chi connectivity index (χ0n) is 7.09. The zero-order chi connectivity index (χ0) is 10.1. The lowest BCUT2D eigenvalue weighted by molar-refractivity contribution is 0.628. The van der Waals surface area contributed by atoms with Gasteiger partial charge in [-0.05, 0) is 28.1 Å². The number of nitrogen functional groups attached to an aromatic ring is 1. The average Bonchev–Trinajstić information content (AvgIpc) is 2.45. The van der Waals surface area contributed by atoms with Crippen molar-refractivity contribution in [3.8, 4) is 11.3 Å². The Morgan fingerprint density at radius 1 is 1.43 bits per heavy atom. The molecule has 72 valence electrons. The fourth-order valence-electron chi connectivity index (χ4n) is 1.20. The van der Waals surface area contributed by atoms with E-state index in [2.05, 4.69) is 25.9 Å². The van der Waals surface area contributed by atoms with Gasteiger partial charge in [-0.3, -0.25) is 0 Å². The van der Waals surface area contributed by atoms with Crippen LogP contribution in [-0.2, 0) is 0 Å². The van der Waals surface area contributed by atoms with E-state index in [9.17, 15) is 4.39 Å². The highest BCUT2D eigenvalue weighted by Gasteiger charge is 2.08. The number of hydrogen-bond donors (Lipinski definition) is 2. The number of halogens is 2. The molecule has 0 fully saturated rings. The molecule has 0 aliphatic carbocycles. The minimum absolute atomic E-state index is 0.295. The molecular formula is C9H7BrFN3. The molecule has 1 aromatic carbocycles. The first-order chi connectivity index (χ1) is 6.66. The molecule has 0 aliphatic rings. The van der Waals surface area contributed by atoms with Gasteiger partial charge in [0, 0.05) is 5.56 Å². The van der Waals surface area contributed by atoms with Gasteiger partial charge in [0.2, 0.25) is 0 Å². The molecule has 5 heteroatoms. The Balaban J connectivity index is 2.54. The van der Waals surface area contributed by atoms with E-state index in [1.165, 1.54) is 12.1 Å². The lowest BCUT2D eigenvalue weighted by Gasteiger charge is -1.96. The first-order valence-corrected chi connectivity index (χ1v) is 4.73. The molecular weight excluding hydrogens is 249 g/mol. The topological polar surface area (TPSA) is 54.7 Å². The molecule has 0 bridgehead atoms. The monoisotopic (exact) mass is 255 g/mol. The molecule has 0 atom stereocenters. The van der Waals surface area contributed by atoms with Crippen LogP contribution in [0.1, 0.15) is 0 Å². The first kappa shape index (κ1) is 9.21. The van der Waals surface area contributed by atoms with Crippen LogP contribution < -0.4 is 5.73 Å². The standard InChI is InChI=1S/C9H7BrFN3/c10-8-7(13-9(12)14-8)5-2-1-3-6(11)4-5/h1-4H,(H3,12,13,14). The summed E-state index contributed by atoms with van der Waals surface area (Å²) in [6, 6.07) is 6.18. The maximum Gasteiger partial charge on any atom is 0.198 e. The first-order valence-electron chi connectivity index (χ1n) is 3.94. The van der Waals surface area contributed by atoms with Gasteiger partial charge in [-0.1, -0.05) is 12.1 Å². The molecule has 0 spiro atoms. The van der Waals surface area contributed by atoms with Crippen molar-refractivity contribution >= 4 is 21.9 Å². The van der Waals surface area contributed by atoms with E-state index in [1.807, 2.05) is 0 Å². The lowest BCUT2D eigenvalue weighted by Crippen LogP contribution is -1.85. The third-order valence-electron chi connectivity index (χ3n) is 1.78. The second-order valence-corrected chi connectivity index (χ2v) is 3.59. The summed E-state index contributed by atoms with van der Waals surface area (Å²) in [4.78, 5) is 6.82. The minimum atomic E-state index is -0.295. The number of hydrogen-bond acceptors (Lipinski definition) is 2. The summed E-state index contributed by atoms with van der Waals surface area (Å²) in [6.45, 7) is 0. The second-order valence-electron chi connectivity index (χ2n) is 2.79. The molecule has 1 aromatic heterocycles. The summed E-state index contributed by atoms with van der Waals surface area (Å²) < 4.78 is 13.6. The van der Waals surface area contributed by atoms with Crippen LogP contribution >= 0.6 is 15.9 Å². The molecule has 1 heterocycles. The molecule has 2 rings (SSSR count). The van der Waals surface area contributed by atoms with Crippen molar-refractivity contribution in [1.82, 2.24) is 9.97 Å². The number of nitrogens with zero attached hydrogens (tertiary/aromatic N) is 1. The summed E-state index contributed by atoms with van der Waals surface area (Å²) >= 11 is 3.26. The summed E-state index contributed by atoms with van der Waals surface area (Å²) in [6.07, 6.45) is 0. The number of imidazole rings is 1. The van der Waals surface area contributed by atoms with Crippen molar-refractivity contribution in [1.29, 1.82) is 0 Å². The number of benzene rings is 1. The van der Waals surface area contributed by atoms with Crippen LogP contribution in [0.25, 0.3) is 11.3 Å². The van der Waals surface area contributed by atoms with E-state index in [0.717, 1.165) is 0 Å². The summed E-state index contributed by atoms with van der Waals surface area (Å²) in [7, 11) is 0. The number of nitrogens with one attached hydrogen (secondary N) is 1. The van der Waals surface area contributed by atoms with E-state index >= 15 is 0 Å². The normalized spacial score (nSPS) is 10.4. The molecule has 0 aliphatic heterocycles. The maximum absolute atomic E-state index is 12.9. The van der Waals surface area contributed by atoms with Crippen LogP contribution in [0, 0.1) is 5.82 Å². The van der Waals surface area contributed by atoms with Gasteiger partial charge in [0.1, 0.15) is 16.1 Å². The number of aromatic nitrogens is 2. The van der Waals surface area contributed by atoms with E-state index in [0.29, 0.717) is 21.8 Å². The van der Waals surface area contributed by atoms with Crippen LogP contribution in [0.3, 0.4) is 0 Å². The van der Waals surface area contributed by atoms with Gasteiger partial charge in [-0.25, -0.2) is 9.37 Å². The molecule has 0 saturated carbocycles. The summed E-state index contributed by atoms with van der Waals surface area (Å²) in [5.74, 6) is 0.00658. The molecule has 0 saturated heterocycles. The van der Waals surface area contributed by atoms with Crippen molar-refractivity contribution in [2.75, 3.05) is 5.73 Å². The van der Waals surface area contributed by atoms with Crippen LogP contribution in [0.15, 0.2) is 28.9 Å². The molecule has 2 aromatic rings. The number of rotatable bonds is 1. The SMILES string of the molecule is Nc1nc(-c2cccc(F)c2)c(Br)[nH]1. The van der Waals surface area contributed by atoms with Gasteiger partial charge < -0.3 is 10.7 Å². The van der Waals surface area contributed by atoms with Crippen molar-refractivity contribution in [3.05, 3.63) is 34.7 Å². The number of aromatic amines is 1. The largest absolute Gasteiger partial charge is 0.369 e. The van der Waals surface area contributed by atoms with Crippen molar-refractivity contribution in [3.63, 3.8) is 0 Å². The van der Waals surface area contributed by atoms with E-state index in [-0.39, 0.29) is 5.82 Å². The predicted molar refractivity (Wildman–Crippen MR) is 56.1 cm³/mol. The Morgan fingerprint density at radius 3 is 2.79 bits per heavy atom. The maximum atomic E-state index is 12.9. The van der Waals surface area contributed by atoms with E-state index < -0.39 is 0 Å². The number of nitrogens with two attached hydrogens (primary N) is 1.